The van der Waals surface area contributed by atoms with Crippen molar-refractivity contribution in [1.82, 2.24) is 10.6 Å². The van der Waals surface area contributed by atoms with E-state index in [0.29, 0.717) is 11.9 Å². The fourth-order valence-electron chi connectivity index (χ4n) is 2.82. The molecular weight excluding hydrogens is 354 g/mol. The van der Waals surface area contributed by atoms with E-state index in [2.05, 4.69) is 29.5 Å². The van der Waals surface area contributed by atoms with Crippen molar-refractivity contribution in [1.29, 1.82) is 0 Å². The van der Waals surface area contributed by atoms with Gasteiger partial charge in [0.15, 0.2) is 5.96 Å². The number of benzene rings is 1. The maximum atomic E-state index is 10.2. The molecule has 6 heteroatoms. The standard InChI is InChI=1S/C22H39N3O3/c1-6-23-22(24-14-13-21(17(3)4)27-7-2)25-15-20(26)16-28-18(5)19-11-9-8-10-12-19/h8-12,17-18,20-21,26H,6-7,13-16H2,1-5H3,(H2,23,24,25). The lowest BCUT2D eigenvalue weighted by atomic mass is 10.0. The molecule has 0 spiro atoms. The Morgan fingerprint density at radius 2 is 1.79 bits per heavy atom. The molecule has 6 nitrogen and oxygen atoms in total. The van der Waals surface area contributed by atoms with Gasteiger partial charge in [0.05, 0.1) is 31.5 Å². The van der Waals surface area contributed by atoms with E-state index >= 15 is 0 Å². The molecule has 0 saturated heterocycles. The Balaban J connectivity index is 2.41. The van der Waals surface area contributed by atoms with Crippen molar-refractivity contribution in [3.8, 4) is 0 Å². The molecule has 0 aromatic heterocycles. The summed E-state index contributed by atoms with van der Waals surface area (Å²) >= 11 is 0. The first-order chi connectivity index (χ1) is 13.5. The second kappa shape index (κ2) is 14.4. The van der Waals surface area contributed by atoms with Gasteiger partial charge < -0.3 is 25.2 Å². The number of guanidine groups is 1. The SMILES string of the molecule is CCNC(=NCC(O)COC(C)c1ccccc1)NCCC(OCC)C(C)C. The summed E-state index contributed by atoms with van der Waals surface area (Å²) in [7, 11) is 0. The van der Waals surface area contributed by atoms with Gasteiger partial charge in [-0.25, -0.2) is 0 Å². The van der Waals surface area contributed by atoms with Crippen molar-refractivity contribution < 1.29 is 14.6 Å². The highest BCUT2D eigenvalue weighted by molar-refractivity contribution is 5.79. The smallest absolute Gasteiger partial charge is 0.191 e. The summed E-state index contributed by atoms with van der Waals surface area (Å²) < 4.78 is 11.5. The Morgan fingerprint density at radius 1 is 1.07 bits per heavy atom. The summed E-state index contributed by atoms with van der Waals surface area (Å²) in [4.78, 5) is 4.48. The molecule has 1 aromatic carbocycles. The Bertz CT molecular complexity index is 537. The monoisotopic (exact) mass is 393 g/mol. The number of aliphatic imine (C=N–C) groups is 1. The van der Waals surface area contributed by atoms with Crippen LogP contribution in [0, 0.1) is 5.92 Å². The first-order valence-corrected chi connectivity index (χ1v) is 10.5. The highest BCUT2D eigenvalue weighted by Crippen LogP contribution is 2.16. The van der Waals surface area contributed by atoms with Crippen LogP contribution >= 0.6 is 0 Å². The topological polar surface area (TPSA) is 75.1 Å². The van der Waals surface area contributed by atoms with Crippen molar-refractivity contribution in [3.05, 3.63) is 35.9 Å². The van der Waals surface area contributed by atoms with Crippen molar-refractivity contribution in [3.63, 3.8) is 0 Å². The highest BCUT2D eigenvalue weighted by Gasteiger charge is 2.13. The van der Waals surface area contributed by atoms with E-state index in [0.717, 1.165) is 31.7 Å². The van der Waals surface area contributed by atoms with Crippen LogP contribution in [-0.2, 0) is 9.47 Å². The number of aliphatic hydroxyl groups excluding tert-OH is 1. The third-order valence-corrected chi connectivity index (χ3v) is 4.46. The van der Waals surface area contributed by atoms with Gasteiger partial charge >= 0.3 is 0 Å². The quantitative estimate of drug-likeness (QED) is 0.355. The molecule has 28 heavy (non-hydrogen) atoms. The van der Waals surface area contributed by atoms with Crippen molar-refractivity contribution in [2.75, 3.05) is 32.8 Å². The molecule has 3 atom stereocenters. The van der Waals surface area contributed by atoms with Crippen LogP contribution in [-0.4, -0.2) is 56.1 Å². The van der Waals surface area contributed by atoms with Crippen LogP contribution in [0.2, 0.25) is 0 Å². The van der Waals surface area contributed by atoms with Gasteiger partial charge in [0.2, 0.25) is 0 Å². The van der Waals surface area contributed by atoms with E-state index < -0.39 is 6.10 Å². The lowest BCUT2D eigenvalue weighted by molar-refractivity contribution is 0.00111. The summed E-state index contributed by atoms with van der Waals surface area (Å²) in [6.45, 7) is 13.2. The van der Waals surface area contributed by atoms with E-state index in [1.165, 1.54) is 0 Å². The lowest BCUT2D eigenvalue weighted by Crippen LogP contribution is -2.40. The summed E-state index contributed by atoms with van der Waals surface area (Å²) in [6.07, 6.45) is 0.445. The molecule has 1 aromatic rings. The van der Waals surface area contributed by atoms with Crippen molar-refractivity contribution in [2.45, 2.75) is 59.4 Å². The zero-order valence-corrected chi connectivity index (χ0v) is 18.1. The van der Waals surface area contributed by atoms with Crippen LogP contribution in [0.3, 0.4) is 0 Å². The Labute approximate surface area is 170 Å². The molecule has 0 heterocycles. The van der Waals surface area contributed by atoms with Gasteiger partial charge in [-0.1, -0.05) is 44.2 Å². The van der Waals surface area contributed by atoms with Crippen LogP contribution in [0.25, 0.3) is 0 Å². The zero-order valence-electron chi connectivity index (χ0n) is 18.1. The van der Waals surface area contributed by atoms with Gasteiger partial charge in [-0.2, -0.15) is 0 Å². The van der Waals surface area contributed by atoms with Gasteiger partial charge in [-0.15, -0.1) is 0 Å². The minimum Gasteiger partial charge on any atom is -0.389 e. The molecule has 0 aliphatic carbocycles. The van der Waals surface area contributed by atoms with E-state index in [9.17, 15) is 5.11 Å². The van der Waals surface area contributed by atoms with E-state index in [1.54, 1.807) is 0 Å². The second-order valence-corrected chi connectivity index (χ2v) is 7.21. The van der Waals surface area contributed by atoms with Crippen molar-refractivity contribution >= 4 is 5.96 Å². The average Bonchev–Trinajstić information content (AvgIpc) is 2.69. The molecule has 1 rings (SSSR count). The van der Waals surface area contributed by atoms with Crippen LogP contribution in [0.1, 0.15) is 52.7 Å². The first-order valence-electron chi connectivity index (χ1n) is 10.5. The van der Waals surface area contributed by atoms with Gasteiger partial charge in [-0.05, 0) is 38.7 Å². The largest absolute Gasteiger partial charge is 0.389 e. The summed E-state index contributed by atoms with van der Waals surface area (Å²) in [5.41, 5.74) is 1.10. The molecule has 0 saturated carbocycles. The van der Waals surface area contributed by atoms with Gasteiger partial charge in [0, 0.05) is 19.7 Å². The molecule has 0 radical (unpaired) electrons. The number of nitrogens with zero attached hydrogens (tertiary/aromatic N) is 1. The molecule has 0 aliphatic rings. The summed E-state index contributed by atoms with van der Waals surface area (Å²) in [5.74, 6) is 1.18. The van der Waals surface area contributed by atoms with E-state index in [4.69, 9.17) is 9.47 Å². The normalized spacial score (nSPS) is 15.3. The lowest BCUT2D eigenvalue weighted by Gasteiger charge is -2.21. The highest BCUT2D eigenvalue weighted by atomic mass is 16.5. The fourth-order valence-corrected chi connectivity index (χ4v) is 2.82. The average molecular weight is 394 g/mol. The number of aliphatic hydroxyl groups is 1. The minimum absolute atomic E-state index is 0.0577. The predicted molar refractivity (Wildman–Crippen MR) is 116 cm³/mol. The van der Waals surface area contributed by atoms with Gasteiger partial charge in [0.1, 0.15) is 0 Å². The fraction of sp³-hybridized carbons (Fsp3) is 0.682. The predicted octanol–water partition coefficient (Wildman–Crippen LogP) is 3.13. The zero-order chi connectivity index (χ0) is 20.8. The van der Waals surface area contributed by atoms with Crippen molar-refractivity contribution in [2.24, 2.45) is 10.9 Å². The maximum Gasteiger partial charge on any atom is 0.191 e. The molecule has 3 unspecified atom stereocenters. The third kappa shape index (κ3) is 10.1. The molecule has 0 fully saturated rings. The van der Waals surface area contributed by atoms with E-state index in [-0.39, 0.29) is 25.4 Å². The Hall–Kier alpha value is -1.63. The van der Waals surface area contributed by atoms with Gasteiger partial charge in [-0.3, -0.25) is 4.99 Å². The summed E-state index contributed by atoms with van der Waals surface area (Å²) in [6, 6.07) is 10.00. The number of hydrogen-bond donors (Lipinski definition) is 3. The molecule has 0 bridgehead atoms. The molecule has 0 amide bonds. The number of ether oxygens (including phenoxy) is 2. The summed E-state index contributed by atoms with van der Waals surface area (Å²) in [5, 5.41) is 16.7. The Morgan fingerprint density at radius 3 is 2.39 bits per heavy atom. The third-order valence-electron chi connectivity index (χ3n) is 4.46. The maximum absolute atomic E-state index is 10.2. The number of nitrogens with one attached hydrogen (secondary N) is 2. The molecule has 3 N–H and O–H groups in total. The molecule has 0 aliphatic heterocycles. The van der Waals surface area contributed by atoms with Crippen LogP contribution < -0.4 is 10.6 Å². The van der Waals surface area contributed by atoms with Gasteiger partial charge in [0.25, 0.3) is 0 Å². The second-order valence-electron chi connectivity index (χ2n) is 7.21. The minimum atomic E-state index is -0.645. The number of rotatable bonds is 13. The van der Waals surface area contributed by atoms with Crippen LogP contribution in [0.4, 0.5) is 0 Å². The van der Waals surface area contributed by atoms with E-state index in [1.807, 2.05) is 51.1 Å². The Kier molecular flexibility index (Phi) is 12.5. The van der Waals surface area contributed by atoms with Crippen LogP contribution in [0.5, 0.6) is 0 Å². The number of hydrogen-bond acceptors (Lipinski definition) is 4. The molecular formula is C22H39N3O3. The first kappa shape index (κ1) is 24.4. The van der Waals surface area contributed by atoms with Crippen LogP contribution in [0.15, 0.2) is 35.3 Å². The molecule has 160 valence electrons.